The second kappa shape index (κ2) is 13.4. The maximum Gasteiger partial charge on any atom is 0.0863 e. The summed E-state index contributed by atoms with van der Waals surface area (Å²) >= 11 is 5.25. The lowest BCUT2D eigenvalue weighted by Crippen LogP contribution is -2.18. The average Bonchev–Trinajstić information content (AvgIpc) is 2.52. The molecule has 0 saturated carbocycles. The zero-order valence-corrected chi connectivity index (χ0v) is 16.0. The molecule has 0 aliphatic heterocycles. The van der Waals surface area contributed by atoms with Gasteiger partial charge >= 0.3 is 0 Å². The molecule has 0 bridgehead atoms. The Bertz CT molecular complexity index is 370. The van der Waals surface area contributed by atoms with Crippen LogP contribution in [0.4, 0.5) is 0 Å². The fraction of sp³-hybridized carbons (Fsp3) is 0.667. The van der Waals surface area contributed by atoms with E-state index < -0.39 is 0 Å². The molecule has 4 heteroatoms. The Labute approximate surface area is 148 Å². The van der Waals surface area contributed by atoms with Crippen LogP contribution in [-0.4, -0.2) is 29.3 Å². The molecule has 22 heavy (non-hydrogen) atoms. The first-order valence-electron chi connectivity index (χ1n) is 8.30. The molecule has 2 nitrogen and oxygen atoms in total. The third kappa shape index (κ3) is 10.7. The molecule has 1 unspecified atom stereocenters. The van der Waals surface area contributed by atoms with Crippen LogP contribution in [0, 0.1) is 0 Å². The zero-order chi connectivity index (χ0) is 16.0. The van der Waals surface area contributed by atoms with Gasteiger partial charge in [-0.05, 0) is 29.9 Å². The Balaban J connectivity index is 1.93. The number of unbranched alkanes of at least 4 members (excludes halogenated alkanes) is 5. The number of rotatable bonds is 13. The Hall–Kier alpha value is -0.0300. The summed E-state index contributed by atoms with van der Waals surface area (Å²) in [4.78, 5) is 0. The van der Waals surface area contributed by atoms with Crippen LogP contribution in [0.5, 0.6) is 0 Å². The molecule has 1 rings (SSSR count). The molecule has 0 aliphatic carbocycles. The lowest BCUT2D eigenvalue weighted by molar-refractivity contribution is 0.0398. The van der Waals surface area contributed by atoms with E-state index in [1.54, 1.807) is 0 Å². The maximum absolute atomic E-state index is 9.89. The minimum absolute atomic E-state index is 0.361. The van der Waals surface area contributed by atoms with Crippen LogP contribution in [0.25, 0.3) is 0 Å². The molecule has 0 amide bonds. The van der Waals surface area contributed by atoms with E-state index >= 15 is 0 Å². The maximum atomic E-state index is 9.89. The van der Waals surface area contributed by atoms with Crippen molar-refractivity contribution in [3.63, 3.8) is 0 Å². The van der Waals surface area contributed by atoms with Gasteiger partial charge in [0.15, 0.2) is 0 Å². The van der Waals surface area contributed by atoms with Crippen molar-refractivity contribution in [2.24, 2.45) is 0 Å². The highest BCUT2D eigenvalue weighted by molar-refractivity contribution is 9.10. The van der Waals surface area contributed by atoms with E-state index in [1.165, 1.54) is 38.5 Å². The van der Waals surface area contributed by atoms with E-state index in [2.05, 4.69) is 22.9 Å². The number of benzene rings is 1. The number of thioether (sulfide) groups is 1. The summed E-state index contributed by atoms with van der Waals surface area (Å²) in [7, 11) is 0. The van der Waals surface area contributed by atoms with Gasteiger partial charge in [-0.25, -0.2) is 0 Å². The first-order chi connectivity index (χ1) is 10.7. The van der Waals surface area contributed by atoms with Crippen LogP contribution in [-0.2, 0) is 11.3 Å². The van der Waals surface area contributed by atoms with Gasteiger partial charge in [0.05, 0.1) is 19.3 Å². The van der Waals surface area contributed by atoms with Crippen LogP contribution >= 0.6 is 27.7 Å². The largest absolute Gasteiger partial charge is 0.390 e. The summed E-state index contributed by atoms with van der Waals surface area (Å²) < 4.78 is 6.64. The fourth-order valence-electron chi connectivity index (χ4n) is 2.15. The van der Waals surface area contributed by atoms with Gasteiger partial charge < -0.3 is 9.84 Å². The Morgan fingerprint density at radius 1 is 1.09 bits per heavy atom. The summed E-state index contributed by atoms with van der Waals surface area (Å²) in [5.74, 6) is 1.92. The SMILES string of the molecule is CCCCCCCCSCC(O)COCc1ccc(Br)cc1. The molecule has 0 aromatic heterocycles. The number of hydrogen-bond acceptors (Lipinski definition) is 3. The van der Waals surface area contributed by atoms with Crippen LogP contribution in [0.2, 0.25) is 0 Å². The lowest BCUT2D eigenvalue weighted by Gasteiger charge is -2.11. The highest BCUT2D eigenvalue weighted by atomic mass is 79.9. The third-order valence-electron chi connectivity index (χ3n) is 3.44. The molecular formula is C18H29BrO2S. The van der Waals surface area contributed by atoms with Gasteiger partial charge in [-0.3, -0.25) is 0 Å². The Morgan fingerprint density at radius 2 is 1.77 bits per heavy atom. The molecule has 0 heterocycles. The summed E-state index contributed by atoms with van der Waals surface area (Å²) in [6.07, 6.45) is 7.62. The molecule has 1 N–H and O–H groups in total. The molecule has 0 aliphatic rings. The minimum atomic E-state index is -0.361. The van der Waals surface area contributed by atoms with Crippen LogP contribution in [0.3, 0.4) is 0 Å². The van der Waals surface area contributed by atoms with Crippen LogP contribution in [0.1, 0.15) is 51.0 Å². The van der Waals surface area contributed by atoms with E-state index in [9.17, 15) is 5.11 Å². The van der Waals surface area contributed by atoms with Crippen molar-refractivity contribution in [1.82, 2.24) is 0 Å². The number of aliphatic hydroxyl groups is 1. The summed E-state index contributed by atoms with van der Waals surface area (Å²) in [5.41, 5.74) is 1.13. The number of aliphatic hydroxyl groups excluding tert-OH is 1. The fourth-order valence-corrected chi connectivity index (χ4v) is 3.35. The Kier molecular flexibility index (Phi) is 12.2. The van der Waals surface area contributed by atoms with Crippen LogP contribution in [0.15, 0.2) is 28.7 Å². The van der Waals surface area contributed by atoms with Crippen molar-refractivity contribution < 1.29 is 9.84 Å². The summed E-state index contributed by atoms with van der Waals surface area (Å²) in [6.45, 7) is 3.22. The molecule has 0 saturated heterocycles. The second-order valence-corrected chi connectivity index (χ2v) is 7.70. The van der Waals surface area contributed by atoms with Crippen molar-refractivity contribution in [2.75, 3.05) is 18.1 Å². The average molecular weight is 389 g/mol. The predicted molar refractivity (Wildman–Crippen MR) is 101 cm³/mol. The minimum Gasteiger partial charge on any atom is -0.390 e. The number of ether oxygens (including phenoxy) is 1. The van der Waals surface area contributed by atoms with Gasteiger partial charge in [0.1, 0.15) is 0 Å². The van der Waals surface area contributed by atoms with E-state index in [0.29, 0.717) is 13.2 Å². The van der Waals surface area contributed by atoms with Gasteiger partial charge in [0.25, 0.3) is 0 Å². The van der Waals surface area contributed by atoms with Crippen molar-refractivity contribution in [3.05, 3.63) is 34.3 Å². The molecule has 1 aromatic carbocycles. The first-order valence-corrected chi connectivity index (χ1v) is 10.2. The summed E-state index contributed by atoms with van der Waals surface area (Å²) in [5, 5.41) is 9.89. The van der Waals surface area contributed by atoms with Crippen molar-refractivity contribution in [2.45, 2.75) is 58.2 Å². The third-order valence-corrected chi connectivity index (χ3v) is 5.17. The summed E-state index contributed by atoms with van der Waals surface area (Å²) in [6, 6.07) is 8.07. The van der Waals surface area contributed by atoms with E-state index in [-0.39, 0.29) is 6.10 Å². The standard InChI is InChI=1S/C18H29BrO2S/c1-2-3-4-5-6-7-12-22-15-18(20)14-21-13-16-8-10-17(19)11-9-16/h8-11,18,20H,2-7,12-15H2,1H3. The zero-order valence-electron chi connectivity index (χ0n) is 13.6. The first kappa shape index (κ1) is 20.0. The predicted octanol–water partition coefficient (Wildman–Crippen LogP) is 5.42. The molecule has 1 atom stereocenters. The van der Waals surface area contributed by atoms with Gasteiger partial charge in [0, 0.05) is 10.2 Å². The molecule has 1 aromatic rings. The number of halogens is 1. The van der Waals surface area contributed by atoms with Gasteiger partial charge in [-0.1, -0.05) is 67.1 Å². The Morgan fingerprint density at radius 3 is 2.50 bits per heavy atom. The van der Waals surface area contributed by atoms with Crippen molar-refractivity contribution in [3.8, 4) is 0 Å². The second-order valence-electron chi connectivity index (χ2n) is 5.64. The monoisotopic (exact) mass is 388 g/mol. The molecule has 0 fully saturated rings. The molecule has 0 spiro atoms. The normalized spacial score (nSPS) is 12.5. The van der Waals surface area contributed by atoms with E-state index in [1.807, 2.05) is 36.0 Å². The number of hydrogen-bond donors (Lipinski definition) is 1. The van der Waals surface area contributed by atoms with Gasteiger partial charge in [-0.2, -0.15) is 11.8 Å². The highest BCUT2D eigenvalue weighted by Crippen LogP contribution is 2.13. The van der Waals surface area contributed by atoms with Gasteiger partial charge in [-0.15, -0.1) is 0 Å². The van der Waals surface area contributed by atoms with Crippen molar-refractivity contribution in [1.29, 1.82) is 0 Å². The van der Waals surface area contributed by atoms with Gasteiger partial charge in [0.2, 0.25) is 0 Å². The topological polar surface area (TPSA) is 29.5 Å². The van der Waals surface area contributed by atoms with E-state index in [0.717, 1.165) is 21.5 Å². The molecule has 0 radical (unpaired) electrons. The quantitative estimate of drug-likeness (QED) is 0.457. The lowest BCUT2D eigenvalue weighted by atomic mass is 10.1. The molecule has 126 valence electrons. The highest BCUT2D eigenvalue weighted by Gasteiger charge is 2.04. The van der Waals surface area contributed by atoms with Crippen LogP contribution < -0.4 is 0 Å². The van der Waals surface area contributed by atoms with E-state index in [4.69, 9.17) is 4.74 Å². The molecular weight excluding hydrogens is 360 g/mol. The van der Waals surface area contributed by atoms with Crippen molar-refractivity contribution >= 4 is 27.7 Å². The smallest absolute Gasteiger partial charge is 0.0863 e.